The molecule has 1 aliphatic rings. The predicted octanol–water partition coefficient (Wildman–Crippen LogP) is 4.80. The van der Waals surface area contributed by atoms with Gasteiger partial charge in [-0.3, -0.25) is 9.69 Å². The third-order valence-corrected chi connectivity index (χ3v) is 5.42. The molecule has 31 heavy (non-hydrogen) atoms. The summed E-state index contributed by atoms with van der Waals surface area (Å²) in [6.45, 7) is 5.02. The fourth-order valence-corrected chi connectivity index (χ4v) is 3.69. The summed E-state index contributed by atoms with van der Waals surface area (Å²) < 4.78 is 12.9. The zero-order chi connectivity index (χ0) is 21.5. The quantitative estimate of drug-likeness (QED) is 0.588. The molecule has 0 bridgehead atoms. The number of rotatable bonds is 6. The van der Waals surface area contributed by atoms with E-state index in [1.54, 1.807) is 18.2 Å². The first-order valence-electron chi connectivity index (χ1n) is 10.5. The molecule has 1 fully saturated rings. The average Bonchev–Trinajstić information content (AvgIpc) is 2.80. The van der Waals surface area contributed by atoms with Crippen LogP contribution in [0.15, 0.2) is 84.9 Å². The van der Waals surface area contributed by atoms with Crippen LogP contribution in [0.4, 0.5) is 15.8 Å². The van der Waals surface area contributed by atoms with Gasteiger partial charge in [-0.25, -0.2) is 4.39 Å². The largest absolute Gasteiger partial charge is 0.369 e. The second-order valence-corrected chi connectivity index (χ2v) is 7.67. The molecule has 0 unspecified atom stereocenters. The zero-order valence-electron chi connectivity index (χ0n) is 17.4. The van der Waals surface area contributed by atoms with Crippen LogP contribution in [-0.2, 0) is 11.3 Å². The van der Waals surface area contributed by atoms with Crippen LogP contribution in [0, 0.1) is 5.82 Å². The van der Waals surface area contributed by atoms with Gasteiger partial charge in [-0.05, 0) is 53.6 Å². The Morgan fingerprint density at radius 3 is 2.23 bits per heavy atom. The van der Waals surface area contributed by atoms with Gasteiger partial charge in [-0.1, -0.05) is 42.5 Å². The Morgan fingerprint density at radius 1 is 0.871 bits per heavy atom. The van der Waals surface area contributed by atoms with Crippen LogP contribution >= 0.6 is 0 Å². The van der Waals surface area contributed by atoms with Gasteiger partial charge in [0.05, 0.1) is 0 Å². The molecule has 0 spiro atoms. The van der Waals surface area contributed by atoms with Crippen LogP contribution in [0.5, 0.6) is 0 Å². The monoisotopic (exact) mass is 415 g/mol. The molecule has 0 aliphatic carbocycles. The van der Waals surface area contributed by atoms with E-state index >= 15 is 0 Å². The zero-order valence-corrected chi connectivity index (χ0v) is 17.4. The first kappa shape index (κ1) is 20.8. The number of piperazine rings is 1. The van der Waals surface area contributed by atoms with Crippen LogP contribution in [0.3, 0.4) is 0 Å². The number of halogens is 1. The Labute approximate surface area is 182 Å². The second kappa shape index (κ2) is 10.0. The van der Waals surface area contributed by atoms with E-state index in [1.165, 1.54) is 29.5 Å². The van der Waals surface area contributed by atoms with Gasteiger partial charge in [0.1, 0.15) is 5.82 Å². The van der Waals surface area contributed by atoms with E-state index in [4.69, 9.17) is 0 Å². The van der Waals surface area contributed by atoms with E-state index < -0.39 is 0 Å². The van der Waals surface area contributed by atoms with E-state index in [9.17, 15) is 9.18 Å². The Kier molecular flexibility index (Phi) is 6.75. The minimum absolute atomic E-state index is 0.216. The Bertz CT molecular complexity index is 1010. The van der Waals surface area contributed by atoms with Crippen molar-refractivity contribution >= 4 is 23.4 Å². The van der Waals surface area contributed by atoms with E-state index in [1.807, 2.05) is 24.3 Å². The van der Waals surface area contributed by atoms with Gasteiger partial charge in [-0.15, -0.1) is 0 Å². The predicted molar refractivity (Wildman–Crippen MR) is 124 cm³/mol. The molecule has 4 rings (SSSR count). The van der Waals surface area contributed by atoms with Crippen molar-refractivity contribution in [2.24, 2.45) is 0 Å². The van der Waals surface area contributed by atoms with Gasteiger partial charge >= 0.3 is 0 Å². The lowest BCUT2D eigenvalue weighted by molar-refractivity contribution is -0.111. The summed E-state index contributed by atoms with van der Waals surface area (Å²) in [6, 6.07) is 24.5. The first-order chi connectivity index (χ1) is 15.2. The number of carbonyl (C=O) groups is 1. The number of anilines is 2. The summed E-state index contributed by atoms with van der Waals surface area (Å²) in [5, 5.41) is 2.86. The maximum atomic E-state index is 12.9. The standard InChI is InChI=1S/C26H26FN3O/c27-23-9-6-21(7-10-23)8-15-26(31)28-24-11-13-25(14-12-24)30-18-16-29(17-19-30)20-22-4-2-1-3-5-22/h1-15H,16-20H2,(H,28,31)/b15-8+. The fourth-order valence-electron chi connectivity index (χ4n) is 3.69. The lowest BCUT2D eigenvalue weighted by atomic mass is 10.2. The SMILES string of the molecule is O=C(/C=C/c1ccc(F)cc1)Nc1ccc(N2CCN(Cc3ccccc3)CC2)cc1. The molecule has 0 aromatic heterocycles. The van der Waals surface area contributed by atoms with Gasteiger partial charge < -0.3 is 10.2 Å². The number of benzene rings is 3. The van der Waals surface area contributed by atoms with E-state index in [0.29, 0.717) is 0 Å². The number of carbonyl (C=O) groups excluding carboxylic acids is 1. The van der Waals surface area contributed by atoms with Crippen molar-refractivity contribution < 1.29 is 9.18 Å². The summed E-state index contributed by atoms with van der Waals surface area (Å²) >= 11 is 0. The molecule has 4 nitrogen and oxygen atoms in total. The molecule has 158 valence electrons. The van der Waals surface area contributed by atoms with Crippen molar-refractivity contribution in [1.29, 1.82) is 0 Å². The number of nitrogens with zero attached hydrogens (tertiary/aromatic N) is 2. The van der Waals surface area contributed by atoms with E-state index in [-0.39, 0.29) is 11.7 Å². The average molecular weight is 416 g/mol. The second-order valence-electron chi connectivity index (χ2n) is 7.67. The molecule has 1 N–H and O–H groups in total. The van der Waals surface area contributed by atoms with Crippen molar-refractivity contribution in [3.63, 3.8) is 0 Å². The molecule has 1 heterocycles. The van der Waals surface area contributed by atoms with Gasteiger partial charge in [0.2, 0.25) is 5.91 Å². The Balaban J connectivity index is 1.26. The molecule has 1 amide bonds. The molecule has 3 aromatic rings. The summed E-state index contributed by atoms with van der Waals surface area (Å²) in [5.41, 5.74) is 4.04. The lowest BCUT2D eigenvalue weighted by Gasteiger charge is -2.36. The summed E-state index contributed by atoms with van der Waals surface area (Å²) in [7, 11) is 0. The number of hydrogen-bond donors (Lipinski definition) is 1. The molecule has 5 heteroatoms. The van der Waals surface area contributed by atoms with Crippen molar-refractivity contribution in [3.05, 3.63) is 102 Å². The third-order valence-electron chi connectivity index (χ3n) is 5.42. The number of hydrogen-bond acceptors (Lipinski definition) is 3. The van der Waals surface area contributed by atoms with Gasteiger partial charge in [0.15, 0.2) is 0 Å². The molecule has 0 radical (unpaired) electrons. The highest BCUT2D eigenvalue weighted by molar-refractivity contribution is 6.02. The lowest BCUT2D eigenvalue weighted by Crippen LogP contribution is -2.45. The molecule has 1 saturated heterocycles. The summed E-state index contributed by atoms with van der Waals surface area (Å²) in [6.07, 6.45) is 3.12. The van der Waals surface area contributed by atoms with Crippen molar-refractivity contribution in [2.45, 2.75) is 6.54 Å². The van der Waals surface area contributed by atoms with Crippen LogP contribution in [-0.4, -0.2) is 37.0 Å². The first-order valence-corrected chi connectivity index (χ1v) is 10.5. The van der Waals surface area contributed by atoms with Crippen LogP contribution in [0.2, 0.25) is 0 Å². The molecular formula is C26H26FN3O. The van der Waals surface area contributed by atoms with Crippen LogP contribution < -0.4 is 10.2 Å². The normalized spacial score (nSPS) is 14.7. The fraction of sp³-hybridized carbons (Fsp3) is 0.192. The maximum Gasteiger partial charge on any atom is 0.248 e. The smallest absolute Gasteiger partial charge is 0.248 e. The van der Waals surface area contributed by atoms with Crippen molar-refractivity contribution in [3.8, 4) is 0 Å². The van der Waals surface area contributed by atoms with Crippen molar-refractivity contribution in [1.82, 2.24) is 4.90 Å². The maximum absolute atomic E-state index is 12.9. The Hall–Kier alpha value is -3.44. The third kappa shape index (κ3) is 6.03. The number of nitrogens with one attached hydrogen (secondary N) is 1. The highest BCUT2D eigenvalue weighted by Gasteiger charge is 2.17. The summed E-state index contributed by atoms with van der Waals surface area (Å²) in [5.74, 6) is -0.508. The van der Waals surface area contributed by atoms with Crippen LogP contribution in [0.1, 0.15) is 11.1 Å². The molecule has 1 aliphatic heterocycles. The topological polar surface area (TPSA) is 35.6 Å². The van der Waals surface area contributed by atoms with E-state index in [2.05, 4.69) is 45.4 Å². The molecule has 0 atom stereocenters. The van der Waals surface area contributed by atoms with Crippen LogP contribution in [0.25, 0.3) is 6.08 Å². The van der Waals surface area contributed by atoms with Gasteiger partial charge in [-0.2, -0.15) is 0 Å². The molecule has 0 saturated carbocycles. The Morgan fingerprint density at radius 2 is 1.55 bits per heavy atom. The number of amides is 1. The van der Waals surface area contributed by atoms with Gasteiger partial charge in [0, 0.05) is 50.2 Å². The minimum Gasteiger partial charge on any atom is -0.369 e. The molecule has 3 aromatic carbocycles. The van der Waals surface area contributed by atoms with E-state index in [0.717, 1.165) is 44.0 Å². The van der Waals surface area contributed by atoms with Crippen molar-refractivity contribution in [2.75, 3.05) is 36.4 Å². The highest BCUT2D eigenvalue weighted by Crippen LogP contribution is 2.20. The minimum atomic E-state index is -0.292. The summed E-state index contributed by atoms with van der Waals surface area (Å²) in [4.78, 5) is 17.0. The van der Waals surface area contributed by atoms with Gasteiger partial charge in [0.25, 0.3) is 0 Å². The molecular weight excluding hydrogens is 389 g/mol. The highest BCUT2D eigenvalue weighted by atomic mass is 19.1.